The highest BCUT2D eigenvalue weighted by Crippen LogP contribution is 2.16. The standard InChI is InChI=1S/C10H11N3O3.C2H6/c14-6-5-11-8-3-1-7(2-4-8)9-12-10(15)16-13-9;1-2/h1-4,6,9,11,13H,5H2,(H,12,15);1-2H3. The SMILES string of the molecule is CC.O=CCNc1ccc(C2NOC(=O)N2)cc1. The molecule has 0 aromatic heterocycles. The van der Waals surface area contributed by atoms with Crippen molar-refractivity contribution < 1.29 is 14.4 Å². The van der Waals surface area contributed by atoms with Crippen molar-refractivity contribution in [2.45, 2.75) is 20.0 Å². The van der Waals surface area contributed by atoms with Crippen LogP contribution < -0.4 is 16.1 Å². The summed E-state index contributed by atoms with van der Waals surface area (Å²) in [5, 5.41) is 5.50. The van der Waals surface area contributed by atoms with E-state index in [9.17, 15) is 9.59 Å². The van der Waals surface area contributed by atoms with Crippen molar-refractivity contribution >= 4 is 18.1 Å². The molecule has 18 heavy (non-hydrogen) atoms. The molecule has 0 aliphatic carbocycles. The number of rotatable bonds is 4. The zero-order valence-electron chi connectivity index (χ0n) is 10.4. The Kier molecular flexibility index (Phi) is 5.66. The number of carbonyl (C=O) groups excluding carboxylic acids is 2. The van der Waals surface area contributed by atoms with Gasteiger partial charge in [0.1, 0.15) is 12.5 Å². The lowest BCUT2D eigenvalue weighted by Crippen LogP contribution is -2.22. The topological polar surface area (TPSA) is 79.5 Å². The number of hydrogen-bond acceptors (Lipinski definition) is 5. The minimum absolute atomic E-state index is 0.279. The molecule has 1 saturated heterocycles. The number of carbonyl (C=O) groups is 2. The van der Waals surface area contributed by atoms with Gasteiger partial charge < -0.3 is 14.9 Å². The van der Waals surface area contributed by atoms with E-state index in [1.54, 1.807) is 0 Å². The monoisotopic (exact) mass is 251 g/mol. The van der Waals surface area contributed by atoms with E-state index in [0.717, 1.165) is 17.5 Å². The van der Waals surface area contributed by atoms with Crippen molar-refractivity contribution in [3.8, 4) is 0 Å². The second kappa shape index (κ2) is 7.29. The summed E-state index contributed by atoms with van der Waals surface area (Å²) in [4.78, 5) is 25.5. The number of anilines is 1. The van der Waals surface area contributed by atoms with E-state index in [-0.39, 0.29) is 12.7 Å². The molecule has 1 amide bonds. The summed E-state index contributed by atoms with van der Waals surface area (Å²) in [6.07, 6.45) is -0.0266. The van der Waals surface area contributed by atoms with Gasteiger partial charge >= 0.3 is 6.09 Å². The van der Waals surface area contributed by atoms with Crippen LogP contribution in [-0.4, -0.2) is 18.9 Å². The van der Waals surface area contributed by atoms with Crippen molar-refractivity contribution in [1.82, 2.24) is 10.8 Å². The van der Waals surface area contributed by atoms with E-state index < -0.39 is 6.09 Å². The van der Waals surface area contributed by atoms with Gasteiger partial charge in [0.15, 0.2) is 0 Å². The molecule has 2 rings (SSSR count). The van der Waals surface area contributed by atoms with Gasteiger partial charge in [-0.3, -0.25) is 5.32 Å². The van der Waals surface area contributed by atoms with Gasteiger partial charge in [-0.25, -0.2) is 4.79 Å². The van der Waals surface area contributed by atoms with Crippen molar-refractivity contribution in [1.29, 1.82) is 0 Å². The average Bonchev–Trinajstić information content (AvgIpc) is 2.86. The molecule has 1 unspecified atom stereocenters. The summed E-state index contributed by atoms with van der Waals surface area (Å²) in [7, 11) is 0. The van der Waals surface area contributed by atoms with Crippen LogP contribution in [0, 0.1) is 0 Å². The summed E-state index contributed by atoms with van der Waals surface area (Å²) < 4.78 is 0. The first-order valence-corrected chi connectivity index (χ1v) is 5.80. The van der Waals surface area contributed by atoms with Gasteiger partial charge in [0.2, 0.25) is 0 Å². The summed E-state index contributed by atoms with van der Waals surface area (Å²) in [6.45, 7) is 4.28. The van der Waals surface area contributed by atoms with Crippen LogP contribution in [0.1, 0.15) is 25.6 Å². The van der Waals surface area contributed by atoms with Gasteiger partial charge in [-0.1, -0.05) is 26.0 Å². The Labute approximate surface area is 106 Å². The average molecular weight is 251 g/mol. The smallest absolute Gasteiger partial charge is 0.378 e. The molecular weight excluding hydrogens is 234 g/mol. The molecule has 1 atom stereocenters. The highest BCUT2D eigenvalue weighted by atomic mass is 16.7. The van der Waals surface area contributed by atoms with Crippen LogP contribution in [0.5, 0.6) is 0 Å². The van der Waals surface area contributed by atoms with Gasteiger partial charge in [0.05, 0.1) is 6.54 Å². The van der Waals surface area contributed by atoms with E-state index in [2.05, 4.69) is 21.0 Å². The molecule has 1 aliphatic rings. The molecule has 1 fully saturated rings. The van der Waals surface area contributed by atoms with Crippen LogP contribution in [0.4, 0.5) is 10.5 Å². The maximum absolute atomic E-state index is 10.8. The first-order valence-electron chi connectivity index (χ1n) is 5.80. The van der Waals surface area contributed by atoms with Gasteiger partial charge in [0.25, 0.3) is 0 Å². The molecule has 6 nitrogen and oxygen atoms in total. The Bertz CT molecular complexity index is 392. The van der Waals surface area contributed by atoms with Gasteiger partial charge in [-0.15, -0.1) is 5.48 Å². The lowest BCUT2D eigenvalue weighted by Gasteiger charge is -2.09. The van der Waals surface area contributed by atoms with E-state index >= 15 is 0 Å². The molecular formula is C12H17N3O3. The first-order chi connectivity index (χ1) is 8.79. The Morgan fingerprint density at radius 2 is 2.00 bits per heavy atom. The Balaban J connectivity index is 0.000000771. The largest absolute Gasteiger partial charge is 0.427 e. The molecule has 1 aliphatic heterocycles. The molecule has 1 heterocycles. The second-order valence-electron chi connectivity index (χ2n) is 3.25. The molecule has 1 aromatic rings. The third-order valence-electron chi connectivity index (χ3n) is 2.17. The summed E-state index contributed by atoms with van der Waals surface area (Å²) in [6, 6.07) is 7.31. The maximum Gasteiger partial charge on any atom is 0.427 e. The minimum Gasteiger partial charge on any atom is -0.378 e. The quantitative estimate of drug-likeness (QED) is 0.708. The maximum atomic E-state index is 10.8. The minimum atomic E-state index is -0.492. The van der Waals surface area contributed by atoms with Crippen LogP contribution in [0.3, 0.4) is 0 Å². The van der Waals surface area contributed by atoms with E-state index in [4.69, 9.17) is 0 Å². The third-order valence-corrected chi connectivity index (χ3v) is 2.17. The fraction of sp³-hybridized carbons (Fsp3) is 0.333. The van der Waals surface area contributed by atoms with Gasteiger partial charge in [-0.2, -0.15) is 0 Å². The van der Waals surface area contributed by atoms with Crippen LogP contribution in [0.15, 0.2) is 24.3 Å². The normalized spacial score (nSPS) is 17.0. The van der Waals surface area contributed by atoms with Crippen LogP contribution in [-0.2, 0) is 9.63 Å². The second-order valence-corrected chi connectivity index (χ2v) is 3.25. The zero-order valence-corrected chi connectivity index (χ0v) is 10.4. The van der Waals surface area contributed by atoms with Gasteiger partial charge in [-0.05, 0) is 17.7 Å². The van der Waals surface area contributed by atoms with E-state index in [1.807, 2.05) is 38.1 Å². The third kappa shape index (κ3) is 3.74. The first kappa shape index (κ1) is 14.0. The lowest BCUT2D eigenvalue weighted by atomic mass is 10.1. The molecule has 6 heteroatoms. The van der Waals surface area contributed by atoms with Crippen LogP contribution in [0.25, 0.3) is 0 Å². The molecule has 0 radical (unpaired) electrons. The highest BCUT2D eigenvalue weighted by molar-refractivity contribution is 5.69. The summed E-state index contributed by atoms with van der Waals surface area (Å²) in [5.74, 6) is 0. The van der Waals surface area contributed by atoms with E-state index in [1.165, 1.54) is 0 Å². The molecule has 1 aromatic carbocycles. The summed E-state index contributed by atoms with van der Waals surface area (Å²) in [5.41, 5.74) is 4.27. The molecule has 3 N–H and O–H groups in total. The van der Waals surface area contributed by atoms with Crippen LogP contribution >= 0.6 is 0 Å². The Hall–Kier alpha value is -2.08. The highest BCUT2D eigenvalue weighted by Gasteiger charge is 2.22. The van der Waals surface area contributed by atoms with E-state index in [0.29, 0.717) is 0 Å². The molecule has 0 spiro atoms. The summed E-state index contributed by atoms with van der Waals surface area (Å²) >= 11 is 0. The predicted octanol–water partition coefficient (Wildman–Crippen LogP) is 1.57. The van der Waals surface area contributed by atoms with Crippen LogP contribution in [0.2, 0.25) is 0 Å². The van der Waals surface area contributed by atoms with Crippen molar-refractivity contribution in [2.75, 3.05) is 11.9 Å². The van der Waals surface area contributed by atoms with Crippen molar-refractivity contribution in [3.05, 3.63) is 29.8 Å². The van der Waals surface area contributed by atoms with Crippen molar-refractivity contribution in [3.63, 3.8) is 0 Å². The molecule has 98 valence electrons. The fourth-order valence-corrected chi connectivity index (χ4v) is 1.39. The Morgan fingerprint density at radius 3 is 2.50 bits per heavy atom. The number of amides is 1. The lowest BCUT2D eigenvalue weighted by molar-refractivity contribution is -0.106. The number of aldehydes is 1. The zero-order chi connectivity index (χ0) is 13.4. The molecule has 0 bridgehead atoms. The number of benzene rings is 1. The fourth-order valence-electron chi connectivity index (χ4n) is 1.39. The number of hydrogen-bond donors (Lipinski definition) is 3. The van der Waals surface area contributed by atoms with Gasteiger partial charge in [0, 0.05) is 5.69 Å². The predicted molar refractivity (Wildman–Crippen MR) is 67.8 cm³/mol. The van der Waals surface area contributed by atoms with Crippen molar-refractivity contribution in [2.24, 2.45) is 0 Å². The molecule has 0 saturated carbocycles. The number of nitrogens with one attached hydrogen (secondary N) is 3. The Morgan fingerprint density at radius 1 is 1.33 bits per heavy atom. The number of hydroxylamine groups is 1.